The highest BCUT2D eigenvalue weighted by atomic mass is 79.9. The van der Waals surface area contributed by atoms with Crippen molar-refractivity contribution in [1.82, 2.24) is 16.1 Å². The summed E-state index contributed by atoms with van der Waals surface area (Å²) in [6, 6.07) is 13.7. The van der Waals surface area contributed by atoms with E-state index in [1.165, 1.54) is 25.5 Å². The van der Waals surface area contributed by atoms with Gasteiger partial charge in [0.1, 0.15) is 19.0 Å². The molecule has 0 saturated heterocycles. The molecule has 47 heavy (non-hydrogen) atoms. The summed E-state index contributed by atoms with van der Waals surface area (Å²) in [4.78, 5) is 35.7. The van der Waals surface area contributed by atoms with Crippen LogP contribution in [0.25, 0.3) is 0 Å². The first-order valence-electron chi connectivity index (χ1n) is 14.2. The monoisotopic (exact) mass is 774 g/mol. The van der Waals surface area contributed by atoms with Crippen LogP contribution in [0, 0.1) is 0 Å². The number of amides is 2. The van der Waals surface area contributed by atoms with E-state index >= 15 is 0 Å². The van der Waals surface area contributed by atoms with Crippen LogP contribution in [-0.2, 0) is 16.1 Å². The SMILES string of the molecule is CCOc1cc([C@@H]2NC(=O)NC(C)=C2C(=O)OC)ccc1OC[C@H](O)N/N=C\c1cc(Br)c(OCc2ccc(C(=O)O)cc2)c(Br)c1. The van der Waals surface area contributed by atoms with E-state index in [0.29, 0.717) is 49.6 Å². The topological polar surface area (TPSA) is 177 Å². The second kappa shape index (κ2) is 16.3. The molecule has 3 aromatic carbocycles. The number of hydrogen-bond donors (Lipinski definition) is 5. The number of carbonyl (C=O) groups excluding carboxylic acids is 2. The highest BCUT2D eigenvalue weighted by molar-refractivity contribution is 9.11. The molecule has 5 N–H and O–H groups in total. The Morgan fingerprint density at radius 3 is 2.38 bits per heavy atom. The second-order valence-electron chi connectivity index (χ2n) is 10.0. The number of carbonyl (C=O) groups is 3. The number of benzene rings is 3. The number of nitrogens with one attached hydrogen (secondary N) is 3. The van der Waals surface area contributed by atoms with Crippen LogP contribution in [0.15, 0.2) is 79.9 Å². The largest absolute Gasteiger partial charge is 0.490 e. The third-order valence-corrected chi connectivity index (χ3v) is 7.89. The molecule has 0 fully saturated rings. The maximum Gasteiger partial charge on any atom is 0.337 e. The number of esters is 1. The number of nitrogens with zero attached hydrogens (tertiary/aromatic N) is 1. The van der Waals surface area contributed by atoms with E-state index in [2.05, 4.69) is 53.0 Å². The van der Waals surface area contributed by atoms with E-state index in [4.69, 9.17) is 24.1 Å². The lowest BCUT2D eigenvalue weighted by molar-refractivity contribution is -0.136. The Kier molecular flexibility index (Phi) is 12.2. The lowest BCUT2D eigenvalue weighted by Gasteiger charge is -2.28. The summed E-state index contributed by atoms with van der Waals surface area (Å²) in [6.07, 6.45) is 0.331. The number of hydrogen-bond acceptors (Lipinski definition) is 10. The summed E-state index contributed by atoms with van der Waals surface area (Å²) >= 11 is 7.00. The Labute approximate surface area is 287 Å². The van der Waals surface area contributed by atoms with Crippen molar-refractivity contribution >= 4 is 56.0 Å². The van der Waals surface area contributed by atoms with Gasteiger partial charge in [0.25, 0.3) is 0 Å². The van der Waals surface area contributed by atoms with Gasteiger partial charge in [-0.25, -0.2) is 14.4 Å². The highest BCUT2D eigenvalue weighted by Gasteiger charge is 2.32. The fourth-order valence-electron chi connectivity index (χ4n) is 4.51. The molecule has 2 amide bonds. The zero-order valence-electron chi connectivity index (χ0n) is 25.5. The Hall–Kier alpha value is -4.60. The summed E-state index contributed by atoms with van der Waals surface area (Å²) < 4.78 is 23.7. The third kappa shape index (κ3) is 9.24. The second-order valence-corrected chi connectivity index (χ2v) is 11.7. The van der Waals surface area contributed by atoms with Gasteiger partial charge < -0.3 is 39.8 Å². The van der Waals surface area contributed by atoms with Crippen molar-refractivity contribution in [2.24, 2.45) is 5.10 Å². The summed E-state index contributed by atoms with van der Waals surface area (Å²) in [5, 5.41) is 28.9. The summed E-state index contributed by atoms with van der Waals surface area (Å²) in [6.45, 7) is 3.78. The number of methoxy groups -OCH3 is 1. The summed E-state index contributed by atoms with van der Waals surface area (Å²) in [5.74, 6) is -0.337. The molecule has 0 saturated carbocycles. The standard InChI is InChI=1S/C32H32Br2N4O9/c1-4-45-25-13-21(28-27(31(42)44-3)17(2)36-32(43)37-28)9-10-24(25)46-16-26(39)38-35-14-19-11-22(33)29(23(34)12-19)47-15-18-5-7-20(8-6-18)30(40)41/h5-14,26,28,38-39H,4,15-16H2,1-3H3,(H,40,41)(H2,36,37,43)/b35-14-/t26-,28-/m0/s1. The molecular formula is C32H32Br2N4O9. The summed E-state index contributed by atoms with van der Waals surface area (Å²) in [7, 11) is 1.27. The van der Waals surface area contributed by atoms with Crippen molar-refractivity contribution < 1.29 is 43.5 Å². The van der Waals surface area contributed by atoms with Crippen LogP contribution >= 0.6 is 31.9 Å². The number of carboxylic acid groups (broad SMARTS) is 1. The van der Waals surface area contributed by atoms with Crippen molar-refractivity contribution in [3.63, 3.8) is 0 Å². The zero-order chi connectivity index (χ0) is 34.1. The van der Waals surface area contributed by atoms with Gasteiger partial charge in [-0.15, -0.1) is 0 Å². The Morgan fingerprint density at radius 1 is 1.04 bits per heavy atom. The zero-order valence-corrected chi connectivity index (χ0v) is 28.7. The fraction of sp³-hybridized carbons (Fsp3) is 0.250. The quantitative estimate of drug-likeness (QED) is 0.0648. The van der Waals surface area contributed by atoms with Crippen LogP contribution in [0.2, 0.25) is 0 Å². The van der Waals surface area contributed by atoms with E-state index < -0.39 is 30.2 Å². The van der Waals surface area contributed by atoms with Crippen LogP contribution in [0.4, 0.5) is 4.79 Å². The molecule has 0 aliphatic carbocycles. The molecule has 248 valence electrons. The molecule has 0 spiro atoms. The molecule has 4 rings (SSSR count). The molecule has 0 bridgehead atoms. The van der Waals surface area contributed by atoms with E-state index in [0.717, 1.165) is 5.56 Å². The van der Waals surface area contributed by atoms with Crippen molar-refractivity contribution in [3.8, 4) is 17.2 Å². The molecule has 1 aliphatic heterocycles. The van der Waals surface area contributed by atoms with Crippen LogP contribution in [0.3, 0.4) is 0 Å². The van der Waals surface area contributed by atoms with Gasteiger partial charge in [-0.2, -0.15) is 5.10 Å². The number of carboxylic acids is 1. The number of urea groups is 1. The number of rotatable bonds is 14. The first-order chi connectivity index (χ1) is 22.5. The number of ether oxygens (including phenoxy) is 4. The number of hydrazone groups is 1. The number of allylic oxidation sites excluding steroid dienone is 1. The maximum atomic E-state index is 12.5. The van der Waals surface area contributed by atoms with E-state index in [-0.39, 0.29) is 24.4 Å². The molecule has 3 aromatic rings. The average molecular weight is 776 g/mol. The Morgan fingerprint density at radius 2 is 1.74 bits per heavy atom. The number of aliphatic hydroxyl groups excluding tert-OH is 1. The molecule has 2 atom stereocenters. The molecule has 0 unspecified atom stereocenters. The van der Waals surface area contributed by atoms with Crippen molar-refractivity contribution in [1.29, 1.82) is 0 Å². The fourth-order valence-corrected chi connectivity index (χ4v) is 5.96. The first kappa shape index (κ1) is 35.3. The van der Waals surface area contributed by atoms with Crippen LogP contribution in [-0.4, -0.2) is 60.9 Å². The maximum absolute atomic E-state index is 12.5. The van der Waals surface area contributed by atoms with Gasteiger partial charge in [-0.3, -0.25) is 5.43 Å². The molecule has 13 nitrogen and oxygen atoms in total. The van der Waals surface area contributed by atoms with Crippen LogP contribution < -0.4 is 30.3 Å². The minimum absolute atomic E-state index is 0.180. The molecular weight excluding hydrogens is 744 g/mol. The predicted molar refractivity (Wildman–Crippen MR) is 179 cm³/mol. The molecule has 1 aliphatic rings. The third-order valence-electron chi connectivity index (χ3n) is 6.71. The van der Waals surface area contributed by atoms with Gasteiger partial charge >= 0.3 is 18.0 Å². The number of halogens is 2. The lowest BCUT2D eigenvalue weighted by Crippen LogP contribution is -2.45. The lowest BCUT2D eigenvalue weighted by atomic mass is 9.95. The predicted octanol–water partition coefficient (Wildman–Crippen LogP) is 5.01. The number of aromatic carboxylic acids is 1. The molecule has 15 heteroatoms. The van der Waals surface area contributed by atoms with Gasteiger partial charge in [0, 0.05) is 5.70 Å². The minimum atomic E-state index is -1.18. The minimum Gasteiger partial charge on any atom is -0.490 e. The molecule has 0 aromatic heterocycles. The van der Waals surface area contributed by atoms with Crippen LogP contribution in [0.1, 0.15) is 46.9 Å². The Bertz CT molecular complexity index is 1670. The van der Waals surface area contributed by atoms with Crippen molar-refractivity contribution in [2.45, 2.75) is 32.7 Å². The van der Waals surface area contributed by atoms with E-state index in [1.807, 2.05) is 0 Å². The van der Waals surface area contributed by atoms with Crippen molar-refractivity contribution in [3.05, 3.63) is 97.1 Å². The first-order valence-corrected chi connectivity index (χ1v) is 15.8. The van der Waals surface area contributed by atoms with Gasteiger partial charge in [0.05, 0.1) is 46.1 Å². The highest BCUT2D eigenvalue weighted by Crippen LogP contribution is 2.36. The number of aliphatic hydroxyl groups is 1. The molecule has 0 radical (unpaired) electrons. The normalized spacial score (nSPS) is 15.0. The van der Waals surface area contributed by atoms with E-state index in [9.17, 15) is 19.5 Å². The smallest absolute Gasteiger partial charge is 0.337 e. The van der Waals surface area contributed by atoms with Gasteiger partial charge in [0.15, 0.2) is 17.7 Å². The van der Waals surface area contributed by atoms with E-state index in [1.54, 1.807) is 56.3 Å². The molecule has 1 heterocycles. The van der Waals surface area contributed by atoms with Gasteiger partial charge in [-0.05, 0) is 98.8 Å². The average Bonchev–Trinajstić information content (AvgIpc) is 3.03. The van der Waals surface area contributed by atoms with Gasteiger partial charge in [0.2, 0.25) is 0 Å². The summed E-state index contributed by atoms with van der Waals surface area (Å²) in [5.41, 5.74) is 5.51. The van der Waals surface area contributed by atoms with Crippen molar-refractivity contribution in [2.75, 3.05) is 20.3 Å². The Balaban J connectivity index is 1.36. The van der Waals surface area contributed by atoms with Gasteiger partial charge in [-0.1, -0.05) is 18.2 Å². The van der Waals surface area contributed by atoms with Crippen LogP contribution in [0.5, 0.6) is 17.2 Å².